The Hall–Kier alpha value is -0.234. The van der Waals surface area contributed by atoms with E-state index in [-0.39, 0.29) is 35.7 Å². The van der Waals surface area contributed by atoms with E-state index in [2.05, 4.69) is 17.6 Å². The minimum absolute atomic E-state index is 0. The van der Waals surface area contributed by atoms with E-state index in [1.807, 2.05) is 0 Å². The van der Waals surface area contributed by atoms with E-state index in [0.717, 1.165) is 13.0 Å². The van der Waals surface area contributed by atoms with Gasteiger partial charge in [0.05, 0.1) is 13.1 Å². The van der Waals surface area contributed by atoms with Gasteiger partial charge in [-0.15, -0.1) is 6.54 Å². The van der Waals surface area contributed by atoms with Gasteiger partial charge in [-0.1, -0.05) is 19.8 Å². The summed E-state index contributed by atoms with van der Waals surface area (Å²) in [5, 5.41) is 5.73. The first-order valence-electron chi connectivity index (χ1n) is 5.09. The number of hydrogen-bond acceptors (Lipinski definition) is 4. The number of unbranched alkanes of at least 4 members (excludes halogenated alkanes) is 2. The number of nitrogens with one attached hydrogen (secondary N) is 2. The molecule has 0 heterocycles. The van der Waals surface area contributed by atoms with E-state index in [4.69, 9.17) is 0 Å². The summed E-state index contributed by atoms with van der Waals surface area (Å²) in [6.45, 7) is 3.79. The SMILES string of the molecule is CCCCCNCC(=O)CNC[C-]=O.[Co]. The fourth-order valence-corrected chi connectivity index (χ4v) is 1.04. The van der Waals surface area contributed by atoms with Crippen LogP contribution in [0, 0.1) is 0 Å². The van der Waals surface area contributed by atoms with Crippen molar-refractivity contribution in [2.45, 2.75) is 26.2 Å². The fraction of sp³-hybridized carbons (Fsp3) is 0.800. The van der Waals surface area contributed by atoms with E-state index >= 15 is 0 Å². The molecule has 0 aromatic carbocycles. The minimum atomic E-state index is 0. The molecule has 0 aliphatic heterocycles. The average molecular weight is 258 g/mol. The first kappa shape index (κ1) is 17.2. The smallest absolute Gasteiger partial charge is 0.160 e. The number of Topliss-reactive ketones (excluding diaryl/α,β-unsaturated/α-hetero) is 1. The Labute approximate surface area is 102 Å². The van der Waals surface area contributed by atoms with Crippen LogP contribution in [0.4, 0.5) is 0 Å². The van der Waals surface area contributed by atoms with Crippen molar-refractivity contribution in [1.82, 2.24) is 10.6 Å². The third-order valence-electron chi connectivity index (χ3n) is 1.80. The second-order valence-corrected chi connectivity index (χ2v) is 3.17. The molecule has 0 atom stereocenters. The van der Waals surface area contributed by atoms with Crippen LogP contribution >= 0.6 is 0 Å². The van der Waals surface area contributed by atoms with E-state index in [1.165, 1.54) is 12.8 Å². The molecule has 0 bridgehead atoms. The topological polar surface area (TPSA) is 58.2 Å². The largest absolute Gasteiger partial charge is 0.541 e. The van der Waals surface area contributed by atoms with Crippen LogP contribution in [0.2, 0.25) is 0 Å². The molecule has 0 aromatic heterocycles. The van der Waals surface area contributed by atoms with Crippen molar-refractivity contribution in [3.05, 3.63) is 0 Å². The molecule has 0 saturated heterocycles. The summed E-state index contributed by atoms with van der Waals surface area (Å²) < 4.78 is 0. The monoisotopic (exact) mass is 258 g/mol. The molecule has 0 saturated carbocycles. The Morgan fingerprint density at radius 3 is 2.47 bits per heavy atom. The number of hydrogen-bond donors (Lipinski definition) is 2. The molecule has 0 amide bonds. The fourth-order valence-electron chi connectivity index (χ4n) is 1.04. The molecular weight excluding hydrogens is 239 g/mol. The summed E-state index contributed by atoms with van der Waals surface area (Å²) in [6.07, 6.45) is 5.16. The van der Waals surface area contributed by atoms with Gasteiger partial charge >= 0.3 is 0 Å². The van der Waals surface area contributed by atoms with Crippen molar-refractivity contribution in [2.24, 2.45) is 0 Å². The standard InChI is InChI=1S/C10H19N2O2.Co/c1-2-3-4-5-11-8-10(14)9-12-6-7-13;/h11-12H,2-6,8-9H2,1H3;/q-1;. The Bertz CT molecular complexity index is 166. The van der Waals surface area contributed by atoms with Crippen molar-refractivity contribution >= 4 is 12.1 Å². The second kappa shape index (κ2) is 13.8. The molecule has 91 valence electrons. The molecule has 15 heavy (non-hydrogen) atoms. The number of carbonyl (C=O) groups is 1. The Kier molecular flexibility index (Phi) is 15.8. The van der Waals surface area contributed by atoms with E-state index in [1.54, 1.807) is 6.29 Å². The molecule has 1 radical (unpaired) electrons. The zero-order chi connectivity index (χ0) is 10.6. The maximum absolute atomic E-state index is 11.1. The van der Waals surface area contributed by atoms with E-state index in [0.29, 0.717) is 6.54 Å². The van der Waals surface area contributed by atoms with Crippen LogP contribution in [0.5, 0.6) is 0 Å². The van der Waals surface area contributed by atoms with Gasteiger partial charge in [0.2, 0.25) is 0 Å². The van der Waals surface area contributed by atoms with Crippen molar-refractivity contribution in [3.63, 3.8) is 0 Å². The first-order valence-corrected chi connectivity index (χ1v) is 5.09. The van der Waals surface area contributed by atoms with Gasteiger partial charge in [0.1, 0.15) is 0 Å². The molecule has 0 spiro atoms. The van der Waals surface area contributed by atoms with E-state index in [9.17, 15) is 9.59 Å². The number of ketones is 1. The maximum Gasteiger partial charge on any atom is 0.160 e. The van der Waals surface area contributed by atoms with Crippen molar-refractivity contribution in [3.8, 4) is 0 Å². The molecule has 0 aromatic rings. The molecule has 4 nitrogen and oxygen atoms in total. The van der Waals surface area contributed by atoms with Crippen LogP contribution in [0.3, 0.4) is 0 Å². The van der Waals surface area contributed by atoms with Crippen molar-refractivity contribution in [2.75, 3.05) is 26.2 Å². The third kappa shape index (κ3) is 13.8. The summed E-state index contributed by atoms with van der Waals surface area (Å²) in [5.41, 5.74) is 0. The average Bonchev–Trinajstić information content (AvgIpc) is 2.18. The summed E-state index contributed by atoms with van der Waals surface area (Å²) in [7, 11) is 0. The van der Waals surface area contributed by atoms with Gasteiger partial charge in [-0.2, -0.15) is 0 Å². The third-order valence-corrected chi connectivity index (χ3v) is 1.80. The molecule has 0 unspecified atom stereocenters. The molecule has 5 heteroatoms. The number of carbonyl (C=O) groups excluding carboxylic acids is 2. The van der Waals surface area contributed by atoms with Crippen molar-refractivity contribution < 1.29 is 26.4 Å². The summed E-state index contributed by atoms with van der Waals surface area (Å²) in [4.78, 5) is 20.9. The molecule has 0 aliphatic rings. The van der Waals surface area contributed by atoms with E-state index < -0.39 is 0 Å². The summed E-state index contributed by atoms with van der Waals surface area (Å²) in [6, 6.07) is 0. The molecular formula is C10H19CoN2O2-. The molecule has 0 fully saturated rings. The molecule has 0 rings (SSSR count). The van der Waals surface area contributed by atoms with Crippen LogP contribution < -0.4 is 10.6 Å². The summed E-state index contributed by atoms with van der Waals surface area (Å²) >= 11 is 0. The molecule has 2 N–H and O–H groups in total. The van der Waals surface area contributed by atoms with Gasteiger partial charge in [-0.25, -0.2) is 0 Å². The van der Waals surface area contributed by atoms with Crippen molar-refractivity contribution in [1.29, 1.82) is 0 Å². The van der Waals surface area contributed by atoms with Gasteiger partial charge in [0.15, 0.2) is 5.78 Å². The molecule has 0 aliphatic carbocycles. The zero-order valence-corrected chi connectivity index (χ0v) is 10.1. The van der Waals surface area contributed by atoms with Gasteiger partial charge in [0.25, 0.3) is 0 Å². The van der Waals surface area contributed by atoms with Gasteiger partial charge in [0, 0.05) is 16.8 Å². The van der Waals surface area contributed by atoms with Gasteiger partial charge in [-0.05, 0) is 13.0 Å². The Balaban J connectivity index is 0. The minimum Gasteiger partial charge on any atom is -0.541 e. The van der Waals surface area contributed by atoms with Crippen LogP contribution in [-0.2, 0) is 26.4 Å². The predicted molar refractivity (Wildman–Crippen MR) is 56.0 cm³/mol. The van der Waals surface area contributed by atoms with Crippen LogP contribution in [0.1, 0.15) is 26.2 Å². The van der Waals surface area contributed by atoms with Gasteiger partial charge < -0.3 is 15.4 Å². The zero-order valence-electron chi connectivity index (χ0n) is 9.10. The first-order chi connectivity index (χ1) is 6.81. The van der Waals surface area contributed by atoms with Crippen LogP contribution in [-0.4, -0.2) is 38.2 Å². The maximum atomic E-state index is 11.1. The Morgan fingerprint density at radius 1 is 1.20 bits per heavy atom. The Morgan fingerprint density at radius 2 is 1.87 bits per heavy atom. The van der Waals surface area contributed by atoms with Crippen LogP contribution in [0.15, 0.2) is 0 Å². The number of rotatable bonds is 10. The quantitative estimate of drug-likeness (QED) is 0.429. The second-order valence-electron chi connectivity index (χ2n) is 3.17. The predicted octanol–water partition coefficient (Wildman–Crippen LogP) is 0.0321. The van der Waals surface area contributed by atoms with Crippen LogP contribution in [0.25, 0.3) is 0 Å². The normalized spacial score (nSPS) is 9.40. The van der Waals surface area contributed by atoms with Gasteiger partial charge in [-0.3, -0.25) is 11.1 Å². The summed E-state index contributed by atoms with van der Waals surface area (Å²) in [5.74, 6) is 0.0803.